The summed E-state index contributed by atoms with van der Waals surface area (Å²) in [7, 11) is 0. The number of H-pyrrole nitrogens is 2. The van der Waals surface area contributed by atoms with Crippen LogP contribution in [0.5, 0.6) is 11.5 Å². The van der Waals surface area contributed by atoms with Gasteiger partial charge in [0.25, 0.3) is 5.91 Å². The molecule has 2 aromatic carbocycles. The maximum atomic E-state index is 11.9. The first-order valence-corrected chi connectivity index (χ1v) is 8.56. The number of hydrogen-bond acceptors (Lipinski definition) is 6. The van der Waals surface area contributed by atoms with E-state index in [0.717, 1.165) is 0 Å². The number of anilines is 1. The molecular formula is C19H19N3O6. The van der Waals surface area contributed by atoms with Crippen molar-refractivity contribution in [2.75, 3.05) is 25.1 Å². The molecule has 0 aliphatic rings. The van der Waals surface area contributed by atoms with E-state index in [1.54, 1.807) is 42.5 Å². The van der Waals surface area contributed by atoms with Crippen LogP contribution in [0.15, 0.2) is 47.3 Å². The monoisotopic (exact) mass is 385 g/mol. The lowest BCUT2D eigenvalue weighted by molar-refractivity contribution is -0.149. The molecule has 3 aromatic rings. The molecule has 9 nitrogen and oxygen atoms in total. The first-order valence-electron chi connectivity index (χ1n) is 8.56. The van der Waals surface area contributed by atoms with Crippen molar-refractivity contribution < 1.29 is 23.8 Å². The van der Waals surface area contributed by atoms with Gasteiger partial charge in [0.1, 0.15) is 11.5 Å². The molecule has 9 heteroatoms. The Morgan fingerprint density at radius 3 is 2.32 bits per heavy atom. The highest BCUT2D eigenvalue weighted by Crippen LogP contribution is 2.17. The van der Waals surface area contributed by atoms with Crippen LogP contribution in [-0.4, -0.2) is 41.7 Å². The molecule has 0 bridgehead atoms. The predicted octanol–water partition coefficient (Wildman–Crippen LogP) is 1.82. The SMILES string of the molecule is CCOc1ccc(OCC(=O)OCC(=O)Nc2ccc3[nH]c(=O)[nH]c3c2)cc1. The van der Waals surface area contributed by atoms with Gasteiger partial charge in [0.2, 0.25) is 0 Å². The van der Waals surface area contributed by atoms with Crippen molar-refractivity contribution in [3.8, 4) is 11.5 Å². The minimum atomic E-state index is -0.672. The Morgan fingerprint density at radius 1 is 0.929 bits per heavy atom. The Morgan fingerprint density at radius 2 is 1.61 bits per heavy atom. The van der Waals surface area contributed by atoms with Crippen LogP contribution in [0.2, 0.25) is 0 Å². The van der Waals surface area contributed by atoms with Gasteiger partial charge in [-0.25, -0.2) is 9.59 Å². The molecule has 0 radical (unpaired) electrons. The third-order valence-electron chi connectivity index (χ3n) is 3.66. The summed E-state index contributed by atoms with van der Waals surface area (Å²) in [5, 5.41) is 2.58. The van der Waals surface area contributed by atoms with E-state index in [1.807, 2.05) is 6.92 Å². The van der Waals surface area contributed by atoms with Gasteiger partial charge in [-0.2, -0.15) is 0 Å². The van der Waals surface area contributed by atoms with Gasteiger partial charge < -0.3 is 29.5 Å². The van der Waals surface area contributed by atoms with Crippen molar-refractivity contribution >= 4 is 28.6 Å². The number of amides is 1. The predicted molar refractivity (Wildman–Crippen MR) is 102 cm³/mol. The number of hydrogen-bond donors (Lipinski definition) is 3. The largest absolute Gasteiger partial charge is 0.494 e. The van der Waals surface area contributed by atoms with Gasteiger partial charge in [0.15, 0.2) is 13.2 Å². The zero-order valence-electron chi connectivity index (χ0n) is 15.1. The fourth-order valence-electron chi connectivity index (χ4n) is 2.44. The normalized spacial score (nSPS) is 10.5. The molecule has 3 rings (SSSR count). The number of esters is 1. The third-order valence-corrected chi connectivity index (χ3v) is 3.66. The van der Waals surface area contributed by atoms with Crippen LogP contribution in [0, 0.1) is 0 Å². The number of ether oxygens (including phenoxy) is 3. The van der Waals surface area contributed by atoms with Crippen molar-refractivity contribution in [3.05, 3.63) is 52.9 Å². The molecule has 0 unspecified atom stereocenters. The van der Waals surface area contributed by atoms with E-state index in [2.05, 4.69) is 15.3 Å². The first kappa shape index (κ1) is 19.0. The molecule has 0 atom stereocenters. The van der Waals surface area contributed by atoms with Gasteiger partial charge in [0.05, 0.1) is 17.6 Å². The first-order chi connectivity index (χ1) is 13.5. The number of rotatable bonds is 8. The molecule has 0 aliphatic heterocycles. The Balaban J connectivity index is 1.43. The van der Waals surface area contributed by atoms with Gasteiger partial charge >= 0.3 is 11.7 Å². The average molecular weight is 385 g/mol. The molecule has 0 saturated heterocycles. The van der Waals surface area contributed by atoms with E-state index in [0.29, 0.717) is 34.8 Å². The van der Waals surface area contributed by atoms with Crippen molar-refractivity contribution in [1.29, 1.82) is 0 Å². The van der Waals surface area contributed by atoms with Crippen molar-refractivity contribution in [2.24, 2.45) is 0 Å². The van der Waals surface area contributed by atoms with Gasteiger partial charge in [0, 0.05) is 5.69 Å². The highest BCUT2D eigenvalue weighted by Gasteiger charge is 2.10. The quantitative estimate of drug-likeness (QED) is 0.508. The van der Waals surface area contributed by atoms with Crippen LogP contribution in [0.4, 0.5) is 5.69 Å². The molecule has 28 heavy (non-hydrogen) atoms. The highest BCUT2D eigenvalue weighted by atomic mass is 16.6. The highest BCUT2D eigenvalue weighted by molar-refractivity contribution is 5.94. The fraction of sp³-hybridized carbons (Fsp3) is 0.211. The molecule has 0 saturated carbocycles. The summed E-state index contributed by atoms with van der Waals surface area (Å²) in [6, 6.07) is 11.7. The van der Waals surface area contributed by atoms with Crippen LogP contribution in [-0.2, 0) is 14.3 Å². The maximum absolute atomic E-state index is 11.9. The number of carbonyl (C=O) groups excluding carboxylic acids is 2. The lowest BCUT2D eigenvalue weighted by Gasteiger charge is -2.09. The van der Waals surface area contributed by atoms with Crippen molar-refractivity contribution in [2.45, 2.75) is 6.92 Å². The molecular weight excluding hydrogens is 366 g/mol. The summed E-state index contributed by atoms with van der Waals surface area (Å²) in [6.45, 7) is 1.67. The average Bonchev–Trinajstić information content (AvgIpc) is 3.05. The number of benzene rings is 2. The number of aromatic amines is 2. The fourth-order valence-corrected chi connectivity index (χ4v) is 2.44. The van der Waals surface area contributed by atoms with Crippen molar-refractivity contribution in [1.82, 2.24) is 9.97 Å². The summed E-state index contributed by atoms with van der Waals surface area (Å²) in [5.41, 5.74) is 1.32. The van der Waals surface area contributed by atoms with Gasteiger partial charge in [-0.15, -0.1) is 0 Å². The van der Waals surface area contributed by atoms with Gasteiger partial charge in [-0.05, 0) is 49.4 Å². The summed E-state index contributed by atoms with van der Waals surface area (Å²) >= 11 is 0. The third kappa shape index (κ3) is 5.13. The minimum absolute atomic E-state index is 0.322. The maximum Gasteiger partial charge on any atom is 0.344 e. The van der Waals surface area contributed by atoms with E-state index >= 15 is 0 Å². The number of nitrogens with one attached hydrogen (secondary N) is 3. The number of carbonyl (C=O) groups is 2. The molecule has 1 amide bonds. The summed E-state index contributed by atoms with van der Waals surface area (Å²) in [4.78, 5) is 40.1. The Labute approximate surface area is 159 Å². The van der Waals surface area contributed by atoms with E-state index in [1.165, 1.54) is 0 Å². The summed E-state index contributed by atoms with van der Waals surface area (Å²) in [6.07, 6.45) is 0. The molecule has 1 heterocycles. The standard InChI is InChI=1S/C19H19N3O6/c1-2-26-13-4-6-14(7-5-13)27-11-18(24)28-10-17(23)20-12-3-8-15-16(9-12)22-19(25)21-15/h3-9H,2,10-11H2,1H3,(H,20,23)(H2,21,22,25). The zero-order valence-corrected chi connectivity index (χ0v) is 15.1. The number of imidazole rings is 1. The smallest absolute Gasteiger partial charge is 0.344 e. The van der Waals surface area contributed by atoms with Crippen LogP contribution in [0.1, 0.15) is 6.92 Å². The Hall–Kier alpha value is -3.75. The molecule has 146 valence electrons. The number of aromatic nitrogens is 2. The van der Waals surface area contributed by atoms with Gasteiger partial charge in [-0.1, -0.05) is 0 Å². The van der Waals surface area contributed by atoms with Crippen LogP contribution < -0.4 is 20.5 Å². The van der Waals surface area contributed by atoms with Crippen LogP contribution >= 0.6 is 0 Å². The van der Waals surface area contributed by atoms with E-state index in [9.17, 15) is 14.4 Å². The van der Waals surface area contributed by atoms with E-state index in [4.69, 9.17) is 14.2 Å². The molecule has 1 aromatic heterocycles. The number of fused-ring (bicyclic) bond motifs is 1. The summed E-state index contributed by atoms with van der Waals surface area (Å²) in [5.74, 6) is 0.00996. The van der Waals surface area contributed by atoms with E-state index in [-0.39, 0.29) is 12.3 Å². The van der Waals surface area contributed by atoms with Crippen LogP contribution in [0.3, 0.4) is 0 Å². The van der Waals surface area contributed by atoms with Gasteiger partial charge in [-0.3, -0.25) is 4.79 Å². The second-order valence-corrected chi connectivity index (χ2v) is 5.74. The molecule has 0 spiro atoms. The molecule has 3 N–H and O–H groups in total. The van der Waals surface area contributed by atoms with Crippen molar-refractivity contribution in [3.63, 3.8) is 0 Å². The molecule has 0 aliphatic carbocycles. The Kier molecular flexibility index (Phi) is 5.95. The zero-order chi connectivity index (χ0) is 19.9. The second kappa shape index (κ2) is 8.76. The van der Waals surface area contributed by atoms with E-state index < -0.39 is 18.5 Å². The minimum Gasteiger partial charge on any atom is -0.494 e. The second-order valence-electron chi connectivity index (χ2n) is 5.74. The topological polar surface area (TPSA) is 123 Å². The lowest BCUT2D eigenvalue weighted by Crippen LogP contribution is -2.23. The molecule has 0 fully saturated rings. The van der Waals surface area contributed by atoms with Crippen LogP contribution in [0.25, 0.3) is 11.0 Å². The lowest BCUT2D eigenvalue weighted by atomic mass is 10.3. The summed E-state index contributed by atoms with van der Waals surface area (Å²) < 4.78 is 15.5. The Bertz CT molecular complexity index is 1020.